The molecule has 0 heterocycles. The summed E-state index contributed by atoms with van der Waals surface area (Å²) < 4.78 is 0.324. The molecule has 0 radical (unpaired) electrons. The molecule has 0 aromatic rings. The van der Waals surface area contributed by atoms with Gasteiger partial charge in [-0.1, -0.05) is 20.8 Å². The predicted octanol–water partition coefficient (Wildman–Crippen LogP) is 0.945. The molecule has 0 fully saturated rings. The number of carboxylic acids is 1. The van der Waals surface area contributed by atoms with Gasteiger partial charge in [-0.05, 0) is 6.42 Å². The second-order valence-electron chi connectivity index (χ2n) is 3.73. The van der Waals surface area contributed by atoms with Crippen molar-refractivity contribution in [3.05, 3.63) is 0 Å². The van der Waals surface area contributed by atoms with Gasteiger partial charge in [0.15, 0.2) is 6.54 Å². The van der Waals surface area contributed by atoms with Crippen LogP contribution in [0, 0.1) is 0 Å². The molecule has 0 rings (SSSR count). The van der Waals surface area contributed by atoms with E-state index in [4.69, 9.17) is 5.11 Å². The third kappa shape index (κ3) is 9.48. The largest absolute Gasteiger partial charge is 0.477 e. The fourth-order valence-corrected chi connectivity index (χ4v) is 1.13. The van der Waals surface area contributed by atoms with Crippen LogP contribution in [0.25, 0.3) is 0 Å². The molecule has 4 nitrogen and oxygen atoms in total. The van der Waals surface area contributed by atoms with Crippen LogP contribution in [0.2, 0.25) is 0 Å². The fourth-order valence-electron chi connectivity index (χ4n) is 1.13. The highest BCUT2D eigenvalue weighted by Crippen LogP contribution is 2.01. The molecule has 0 aliphatic carbocycles. The second kappa shape index (κ2) is 7.76. The standard InChI is InChI=1S/C8H17NO3.C2H6/c1-4-7(10)5-9(2,3)6-8(11)12;1-2/h7,10H,4-6H2,1-3H3;1-2H3/p+1. The lowest BCUT2D eigenvalue weighted by atomic mass is 10.2. The zero-order chi connectivity index (χ0) is 11.8. The summed E-state index contributed by atoms with van der Waals surface area (Å²) in [7, 11) is 3.60. The molecule has 0 spiro atoms. The zero-order valence-electron chi connectivity index (χ0n) is 9.95. The third-order valence-electron chi connectivity index (χ3n) is 1.74. The van der Waals surface area contributed by atoms with Crippen LogP contribution < -0.4 is 0 Å². The Hall–Kier alpha value is -0.610. The highest BCUT2D eigenvalue weighted by atomic mass is 16.4. The Morgan fingerprint density at radius 2 is 1.79 bits per heavy atom. The van der Waals surface area contributed by atoms with E-state index < -0.39 is 12.1 Å². The monoisotopic (exact) mass is 206 g/mol. The van der Waals surface area contributed by atoms with Gasteiger partial charge in [0.1, 0.15) is 12.6 Å². The SMILES string of the molecule is CC.CCC(O)C[N+](C)(C)CC(=O)O. The van der Waals surface area contributed by atoms with Crippen LogP contribution in [-0.4, -0.2) is 54.0 Å². The van der Waals surface area contributed by atoms with Crippen molar-refractivity contribution in [1.29, 1.82) is 0 Å². The van der Waals surface area contributed by atoms with Gasteiger partial charge >= 0.3 is 5.97 Å². The molecule has 4 heteroatoms. The summed E-state index contributed by atoms with van der Waals surface area (Å²) in [6.45, 7) is 6.42. The third-order valence-corrected chi connectivity index (χ3v) is 1.74. The molecular formula is C10H24NO3+. The number of aliphatic carboxylic acids is 1. The van der Waals surface area contributed by atoms with Crippen LogP contribution in [0.4, 0.5) is 0 Å². The first-order valence-electron chi connectivity index (χ1n) is 5.09. The first-order chi connectivity index (χ1) is 6.37. The van der Waals surface area contributed by atoms with Gasteiger partial charge < -0.3 is 14.7 Å². The molecule has 0 saturated carbocycles. The minimum Gasteiger partial charge on any atom is -0.477 e. The highest BCUT2D eigenvalue weighted by Gasteiger charge is 2.22. The Morgan fingerprint density at radius 1 is 1.36 bits per heavy atom. The van der Waals surface area contributed by atoms with Gasteiger partial charge in [0.2, 0.25) is 0 Å². The van der Waals surface area contributed by atoms with E-state index in [2.05, 4.69) is 0 Å². The van der Waals surface area contributed by atoms with Crippen LogP contribution in [0.5, 0.6) is 0 Å². The van der Waals surface area contributed by atoms with Crippen LogP contribution >= 0.6 is 0 Å². The Balaban J connectivity index is 0. The maximum absolute atomic E-state index is 10.4. The maximum atomic E-state index is 10.4. The van der Waals surface area contributed by atoms with Crippen LogP contribution in [0.15, 0.2) is 0 Å². The second-order valence-corrected chi connectivity index (χ2v) is 3.73. The van der Waals surface area contributed by atoms with Crippen molar-refractivity contribution in [3.8, 4) is 0 Å². The van der Waals surface area contributed by atoms with Crippen molar-refractivity contribution in [2.24, 2.45) is 0 Å². The van der Waals surface area contributed by atoms with Crippen molar-refractivity contribution in [2.75, 3.05) is 27.2 Å². The number of nitrogens with zero attached hydrogens (tertiary/aromatic N) is 1. The summed E-state index contributed by atoms with van der Waals surface area (Å²) in [6.07, 6.45) is 0.265. The molecule has 2 N–H and O–H groups in total. The Bertz CT molecular complexity index is 157. The molecule has 0 saturated heterocycles. The topological polar surface area (TPSA) is 57.5 Å². The van der Waals surface area contributed by atoms with Gasteiger partial charge in [-0.3, -0.25) is 0 Å². The number of quaternary nitrogens is 1. The summed E-state index contributed by atoms with van der Waals surface area (Å²) in [4.78, 5) is 10.4. The van der Waals surface area contributed by atoms with Crippen molar-refractivity contribution < 1.29 is 19.5 Å². The molecule has 1 unspecified atom stereocenters. The highest BCUT2D eigenvalue weighted by molar-refractivity contribution is 5.67. The predicted molar refractivity (Wildman–Crippen MR) is 57.1 cm³/mol. The average Bonchev–Trinajstić information content (AvgIpc) is 2.04. The molecule has 0 amide bonds. The van der Waals surface area contributed by atoms with E-state index in [0.29, 0.717) is 17.4 Å². The van der Waals surface area contributed by atoms with Crippen LogP contribution in [0.3, 0.4) is 0 Å². The van der Waals surface area contributed by atoms with Crippen molar-refractivity contribution in [1.82, 2.24) is 0 Å². The fraction of sp³-hybridized carbons (Fsp3) is 0.900. The number of hydrogen-bond acceptors (Lipinski definition) is 2. The summed E-state index contributed by atoms with van der Waals surface area (Å²) >= 11 is 0. The lowest BCUT2D eigenvalue weighted by Crippen LogP contribution is -2.48. The van der Waals surface area contributed by atoms with Crippen molar-refractivity contribution >= 4 is 5.97 Å². The lowest BCUT2D eigenvalue weighted by molar-refractivity contribution is -0.886. The first-order valence-corrected chi connectivity index (χ1v) is 5.09. The molecule has 1 atom stereocenters. The molecule has 0 aliphatic rings. The number of rotatable bonds is 5. The number of carboxylic acid groups (broad SMARTS) is 1. The van der Waals surface area contributed by atoms with Gasteiger partial charge in [0.05, 0.1) is 14.1 Å². The number of aliphatic hydroxyl groups is 1. The molecular weight excluding hydrogens is 182 g/mol. The summed E-state index contributed by atoms with van der Waals surface area (Å²) in [5.41, 5.74) is 0. The summed E-state index contributed by atoms with van der Waals surface area (Å²) in [5, 5.41) is 17.8. The van der Waals surface area contributed by atoms with Crippen molar-refractivity contribution in [2.45, 2.75) is 33.3 Å². The number of likely N-dealkylation sites (N-methyl/N-ethyl adjacent to an activating group) is 1. The smallest absolute Gasteiger partial charge is 0.359 e. The summed E-state index contributed by atoms with van der Waals surface area (Å²) in [6, 6.07) is 0. The van der Waals surface area contributed by atoms with E-state index in [9.17, 15) is 9.90 Å². The first kappa shape index (κ1) is 15.8. The van der Waals surface area contributed by atoms with Crippen LogP contribution in [0.1, 0.15) is 27.2 Å². The van der Waals surface area contributed by atoms with Gasteiger partial charge in [-0.15, -0.1) is 0 Å². The average molecular weight is 206 g/mol. The minimum absolute atomic E-state index is 0.0526. The molecule has 0 aromatic carbocycles. The van der Waals surface area contributed by atoms with E-state index in [1.807, 2.05) is 20.8 Å². The molecule has 0 aliphatic heterocycles. The van der Waals surface area contributed by atoms with E-state index >= 15 is 0 Å². The van der Waals surface area contributed by atoms with Gasteiger partial charge in [-0.25, -0.2) is 4.79 Å². The quantitative estimate of drug-likeness (QED) is 0.658. The van der Waals surface area contributed by atoms with Crippen LogP contribution in [-0.2, 0) is 4.79 Å². The van der Waals surface area contributed by atoms with Gasteiger partial charge in [-0.2, -0.15) is 0 Å². The summed E-state index contributed by atoms with van der Waals surface area (Å²) in [5.74, 6) is -0.830. The normalized spacial score (nSPS) is 12.7. The Labute approximate surface area is 86.7 Å². The number of hydrogen-bond donors (Lipinski definition) is 2. The van der Waals surface area contributed by atoms with E-state index in [1.54, 1.807) is 14.1 Å². The van der Waals surface area contributed by atoms with Crippen molar-refractivity contribution in [3.63, 3.8) is 0 Å². The lowest BCUT2D eigenvalue weighted by Gasteiger charge is -2.29. The Kier molecular flexibility index (Phi) is 8.79. The maximum Gasteiger partial charge on any atom is 0.359 e. The molecule has 14 heavy (non-hydrogen) atoms. The van der Waals surface area contributed by atoms with Gasteiger partial charge in [0, 0.05) is 0 Å². The Morgan fingerprint density at radius 3 is 2.07 bits per heavy atom. The molecule has 86 valence electrons. The van der Waals surface area contributed by atoms with E-state index in [0.717, 1.165) is 0 Å². The zero-order valence-corrected chi connectivity index (χ0v) is 9.95. The van der Waals surface area contributed by atoms with Gasteiger partial charge in [0.25, 0.3) is 0 Å². The minimum atomic E-state index is -0.830. The molecule has 0 bridgehead atoms. The number of carbonyl (C=O) groups is 1. The van der Waals surface area contributed by atoms with E-state index in [-0.39, 0.29) is 6.54 Å². The molecule has 0 aromatic heterocycles. The van der Waals surface area contributed by atoms with E-state index in [1.165, 1.54) is 0 Å². The number of aliphatic hydroxyl groups excluding tert-OH is 1.